The molecule has 3 rings (SSSR count). The van der Waals surface area contributed by atoms with Crippen molar-refractivity contribution in [1.82, 2.24) is 9.80 Å². The lowest BCUT2D eigenvalue weighted by atomic mass is 10.0. The Bertz CT molecular complexity index is 1100. The Morgan fingerprint density at radius 3 is 2.09 bits per heavy atom. The van der Waals surface area contributed by atoms with Gasteiger partial charge in [-0.15, -0.1) is 0 Å². The molecule has 0 spiro atoms. The lowest BCUT2D eigenvalue weighted by molar-refractivity contribution is -0.149. The van der Waals surface area contributed by atoms with Crippen molar-refractivity contribution in [3.8, 4) is 0 Å². The van der Waals surface area contributed by atoms with Crippen molar-refractivity contribution in [2.24, 2.45) is 0 Å². The number of piperidine rings is 1. The minimum atomic E-state index is -1.35. The molecule has 0 saturated carbocycles. The summed E-state index contributed by atoms with van der Waals surface area (Å²) < 4.78 is 10.3. The smallest absolute Gasteiger partial charge is 0.424 e. The maximum absolute atomic E-state index is 13.1. The Kier molecular flexibility index (Phi) is 6.25. The number of nitrogens with one attached hydrogen (secondary N) is 1. The molecule has 0 aromatic heterocycles. The van der Waals surface area contributed by atoms with Crippen LogP contribution < -0.4 is 5.32 Å². The summed E-state index contributed by atoms with van der Waals surface area (Å²) in [5, 5.41) is 2.49. The summed E-state index contributed by atoms with van der Waals surface area (Å²) in [5.41, 5.74) is -1.46. The lowest BCUT2D eigenvalue weighted by Gasteiger charge is -2.34. The zero-order chi connectivity index (χ0) is 25.6. The Morgan fingerprint density at radius 2 is 1.50 bits per heavy atom. The third-order valence-corrected chi connectivity index (χ3v) is 4.84. The fourth-order valence-electron chi connectivity index (χ4n) is 3.55. The molecule has 1 fully saturated rings. The predicted molar refractivity (Wildman–Crippen MR) is 118 cm³/mol. The number of benzene rings is 1. The van der Waals surface area contributed by atoms with Gasteiger partial charge >= 0.3 is 12.2 Å². The monoisotopic (exact) mass is 473 g/mol. The van der Waals surface area contributed by atoms with Crippen molar-refractivity contribution >= 4 is 41.5 Å². The highest BCUT2D eigenvalue weighted by Gasteiger charge is 2.49. The van der Waals surface area contributed by atoms with Crippen LogP contribution in [0.2, 0.25) is 0 Å². The van der Waals surface area contributed by atoms with Gasteiger partial charge in [0, 0.05) is 12.1 Å². The molecule has 6 amide bonds. The normalized spacial score (nSPS) is 18.7. The van der Waals surface area contributed by atoms with Crippen molar-refractivity contribution in [1.29, 1.82) is 0 Å². The quantitative estimate of drug-likeness (QED) is 0.647. The van der Waals surface area contributed by atoms with Gasteiger partial charge in [-0.1, -0.05) is 0 Å². The summed E-state index contributed by atoms with van der Waals surface area (Å²) in [5.74, 6) is -3.28. The van der Waals surface area contributed by atoms with E-state index in [1.807, 2.05) is 0 Å². The number of hydrogen-bond acceptors (Lipinski definition) is 8. The van der Waals surface area contributed by atoms with Crippen LogP contribution >= 0.6 is 0 Å². The minimum Gasteiger partial charge on any atom is -0.444 e. The molecular weight excluding hydrogens is 446 g/mol. The Hall–Kier alpha value is -3.76. The number of likely N-dealkylation sites (tertiary alicyclic amines) is 1. The van der Waals surface area contributed by atoms with Crippen molar-refractivity contribution in [3.63, 3.8) is 0 Å². The predicted octanol–water partition coefficient (Wildman–Crippen LogP) is 3.08. The van der Waals surface area contributed by atoms with Gasteiger partial charge in [-0.05, 0) is 66.2 Å². The van der Waals surface area contributed by atoms with Gasteiger partial charge in [-0.2, -0.15) is 4.90 Å². The summed E-state index contributed by atoms with van der Waals surface area (Å²) in [6, 6.07) is 2.74. The molecule has 1 aromatic rings. The standard InChI is InChI=1S/C23H27N3O8/c1-22(2,3)33-20(31)24-12-7-8-13-14(11-12)18(29)25(17(13)28)15-9-10-16(27)26(19(15)30)21(32)34-23(4,5)6/h7-8,11,15H,9-10H2,1-6H3,(H,24,31). The second-order valence-electron chi connectivity index (χ2n) is 9.97. The SMILES string of the molecule is CC(C)(C)OC(=O)Nc1ccc2c(c1)C(=O)N(C1CCC(=O)N(C(=O)OC(C)(C)C)C1=O)C2=O. The number of carbonyl (C=O) groups excluding carboxylic acids is 6. The molecule has 0 aliphatic carbocycles. The van der Waals surface area contributed by atoms with Crippen LogP contribution in [0.1, 0.15) is 75.1 Å². The van der Waals surface area contributed by atoms with Crippen LogP contribution in [0.15, 0.2) is 18.2 Å². The highest BCUT2D eigenvalue weighted by atomic mass is 16.6. The molecule has 2 aliphatic rings. The van der Waals surface area contributed by atoms with E-state index in [0.717, 1.165) is 4.90 Å². The Balaban J connectivity index is 1.83. The molecule has 0 bridgehead atoms. The maximum atomic E-state index is 13.1. The first-order chi connectivity index (χ1) is 15.6. The third-order valence-electron chi connectivity index (χ3n) is 4.84. The van der Waals surface area contributed by atoms with E-state index in [0.29, 0.717) is 4.90 Å². The van der Waals surface area contributed by atoms with Crippen molar-refractivity contribution in [2.75, 3.05) is 5.32 Å². The van der Waals surface area contributed by atoms with Gasteiger partial charge in [0.05, 0.1) is 11.1 Å². The van der Waals surface area contributed by atoms with Gasteiger partial charge in [-0.25, -0.2) is 9.59 Å². The van der Waals surface area contributed by atoms with E-state index in [1.54, 1.807) is 41.5 Å². The molecule has 2 aliphatic heterocycles. The number of hydrogen-bond donors (Lipinski definition) is 1. The first-order valence-electron chi connectivity index (χ1n) is 10.7. The van der Waals surface area contributed by atoms with Gasteiger partial charge in [0.25, 0.3) is 17.7 Å². The lowest BCUT2D eigenvalue weighted by Crippen LogP contribution is -2.58. The van der Waals surface area contributed by atoms with Crippen molar-refractivity contribution in [2.45, 2.75) is 71.6 Å². The molecular formula is C23H27N3O8. The number of carbonyl (C=O) groups is 6. The van der Waals surface area contributed by atoms with Crippen LogP contribution in [0.4, 0.5) is 15.3 Å². The van der Waals surface area contributed by atoms with E-state index in [9.17, 15) is 28.8 Å². The van der Waals surface area contributed by atoms with Gasteiger partial charge in [0.15, 0.2) is 0 Å². The molecule has 182 valence electrons. The summed E-state index contributed by atoms with van der Waals surface area (Å²) in [7, 11) is 0. The van der Waals surface area contributed by atoms with Gasteiger partial charge in [-0.3, -0.25) is 29.4 Å². The fraction of sp³-hybridized carbons (Fsp3) is 0.478. The number of amides is 6. The summed E-state index contributed by atoms with van der Waals surface area (Å²) >= 11 is 0. The number of rotatable bonds is 2. The fourth-order valence-corrected chi connectivity index (χ4v) is 3.55. The number of fused-ring (bicyclic) bond motifs is 1. The highest BCUT2D eigenvalue weighted by Crippen LogP contribution is 2.31. The molecule has 2 heterocycles. The van der Waals surface area contributed by atoms with E-state index >= 15 is 0 Å². The summed E-state index contributed by atoms with van der Waals surface area (Å²) in [6.45, 7) is 9.82. The molecule has 0 radical (unpaired) electrons. The maximum Gasteiger partial charge on any atom is 0.424 e. The van der Waals surface area contributed by atoms with Crippen LogP contribution in [0.25, 0.3) is 0 Å². The molecule has 1 saturated heterocycles. The van der Waals surface area contributed by atoms with Crippen LogP contribution in [-0.4, -0.2) is 62.9 Å². The van der Waals surface area contributed by atoms with Crippen molar-refractivity contribution < 1.29 is 38.2 Å². The molecule has 11 nitrogen and oxygen atoms in total. The van der Waals surface area contributed by atoms with E-state index in [2.05, 4.69) is 5.32 Å². The Labute approximate surface area is 196 Å². The third kappa shape index (κ3) is 5.08. The molecule has 1 unspecified atom stereocenters. The number of nitrogens with zero attached hydrogens (tertiary/aromatic N) is 2. The number of anilines is 1. The zero-order valence-electron chi connectivity index (χ0n) is 19.9. The molecule has 34 heavy (non-hydrogen) atoms. The molecule has 11 heteroatoms. The van der Waals surface area contributed by atoms with E-state index < -0.39 is 53.1 Å². The highest BCUT2D eigenvalue weighted by molar-refractivity contribution is 6.24. The van der Waals surface area contributed by atoms with Crippen molar-refractivity contribution in [3.05, 3.63) is 29.3 Å². The number of ether oxygens (including phenoxy) is 2. The molecule has 1 aromatic carbocycles. The first kappa shape index (κ1) is 24.9. The van der Waals surface area contributed by atoms with Gasteiger partial charge < -0.3 is 9.47 Å². The molecule has 1 N–H and O–H groups in total. The van der Waals surface area contributed by atoms with Crippen LogP contribution in [0, 0.1) is 0 Å². The zero-order valence-corrected chi connectivity index (χ0v) is 19.9. The Morgan fingerprint density at radius 1 is 0.912 bits per heavy atom. The average Bonchev–Trinajstić information content (AvgIpc) is 2.89. The number of imide groups is 4. The summed E-state index contributed by atoms with van der Waals surface area (Å²) in [6.07, 6.45) is -2.25. The van der Waals surface area contributed by atoms with Crippen LogP contribution in [-0.2, 0) is 19.1 Å². The second-order valence-corrected chi connectivity index (χ2v) is 9.97. The minimum absolute atomic E-state index is 0.0212. The van der Waals surface area contributed by atoms with E-state index in [1.165, 1.54) is 18.2 Å². The molecule has 1 atom stereocenters. The van der Waals surface area contributed by atoms with E-state index in [4.69, 9.17) is 9.47 Å². The second kappa shape index (κ2) is 8.54. The summed E-state index contributed by atoms with van der Waals surface area (Å²) in [4.78, 5) is 77.0. The van der Waals surface area contributed by atoms with Crippen LogP contribution in [0.5, 0.6) is 0 Å². The van der Waals surface area contributed by atoms with Gasteiger partial charge in [0.2, 0.25) is 5.91 Å². The van der Waals surface area contributed by atoms with Crippen LogP contribution in [0.3, 0.4) is 0 Å². The van der Waals surface area contributed by atoms with Gasteiger partial charge in [0.1, 0.15) is 17.2 Å². The largest absolute Gasteiger partial charge is 0.444 e. The first-order valence-corrected chi connectivity index (χ1v) is 10.7. The topological polar surface area (TPSA) is 139 Å². The average molecular weight is 473 g/mol. The van der Waals surface area contributed by atoms with E-state index in [-0.39, 0.29) is 29.7 Å².